The number of halogens is 1. The van der Waals surface area contributed by atoms with Crippen molar-refractivity contribution in [3.05, 3.63) is 53.5 Å². The molecule has 2 heterocycles. The minimum atomic E-state index is -0.596. The highest BCUT2D eigenvalue weighted by Crippen LogP contribution is 2.21. The molecular formula is C24H30FN3O3S. The van der Waals surface area contributed by atoms with E-state index in [1.165, 1.54) is 0 Å². The minimum absolute atomic E-state index is 0.0735. The molecule has 6 nitrogen and oxygen atoms in total. The predicted octanol–water partition coefficient (Wildman–Crippen LogP) is 4.29. The largest absolute Gasteiger partial charge is 0.472 e. The van der Waals surface area contributed by atoms with E-state index in [0.29, 0.717) is 38.3 Å². The molecule has 0 bridgehead atoms. The number of carbonyl (C=O) groups excluding carboxylic acids is 2. The number of likely N-dealkylation sites (tertiary alicyclic amines) is 1. The Balaban J connectivity index is 1.60. The third kappa shape index (κ3) is 6.69. The van der Waals surface area contributed by atoms with Gasteiger partial charge >= 0.3 is 0 Å². The lowest BCUT2D eigenvalue weighted by atomic mass is 10.0. The van der Waals surface area contributed by atoms with Crippen LogP contribution in [0, 0.1) is 11.7 Å². The van der Waals surface area contributed by atoms with Gasteiger partial charge in [0.15, 0.2) is 0 Å². The summed E-state index contributed by atoms with van der Waals surface area (Å²) in [5, 5.41) is 2.95. The SMILES string of the molecule is CSc1cccc(COc2ncc(F)cc2C(=O)NC2CCN(C(=O)CC(C)C)CC2)c1. The Kier molecular flexibility index (Phi) is 8.50. The number of aromatic nitrogens is 1. The number of thioether (sulfide) groups is 1. The molecule has 172 valence electrons. The van der Waals surface area contributed by atoms with Crippen molar-refractivity contribution in [2.45, 2.75) is 50.7 Å². The number of piperidine rings is 1. The van der Waals surface area contributed by atoms with Crippen molar-refractivity contribution >= 4 is 23.6 Å². The summed E-state index contributed by atoms with van der Waals surface area (Å²) in [6.45, 7) is 5.48. The molecule has 1 aliphatic rings. The first kappa shape index (κ1) is 24.0. The Bertz CT molecular complexity index is 946. The fourth-order valence-electron chi connectivity index (χ4n) is 3.63. The zero-order valence-corrected chi connectivity index (χ0v) is 19.6. The Morgan fingerprint density at radius 3 is 2.72 bits per heavy atom. The first-order valence-electron chi connectivity index (χ1n) is 10.9. The van der Waals surface area contributed by atoms with Crippen LogP contribution in [0.15, 0.2) is 41.4 Å². The van der Waals surface area contributed by atoms with Crippen molar-refractivity contribution in [1.82, 2.24) is 15.2 Å². The zero-order valence-electron chi connectivity index (χ0n) is 18.8. The van der Waals surface area contributed by atoms with Gasteiger partial charge in [-0.1, -0.05) is 26.0 Å². The number of benzene rings is 1. The second kappa shape index (κ2) is 11.3. The second-order valence-corrected chi connectivity index (χ2v) is 9.25. The van der Waals surface area contributed by atoms with Gasteiger partial charge < -0.3 is 15.0 Å². The van der Waals surface area contributed by atoms with Crippen molar-refractivity contribution in [2.75, 3.05) is 19.3 Å². The lowest BCUT2D eigenvalue weighted by Gasteiger charge is -2.33. The van der Waals surface area contributed by atoms with E-state index < -0.39 is 11.7 Å². The second-order valence-electron chi connectivity index (χ2n) is 8.37. The van der Waals surface area contributed by atoms with Crippen LogP contribution in [0.25, 0.3) is 0 Å². The summed E-state index contributed by atoms with van der Waals surface area (Å²) in [7, 11) is 0. The lowest BCUT2D eigenvalue weighted by Crippen LogP contribution is -2.46. The Hall–Kier alpha value is -2.61. The van der Waals surface area contributed by atoms with E-state index in [4.69, 9.17) is 4.74 Å². The lowest BCUT2D eigenvalue weighted by molar-refractivity contribution is -0.133. The number of pyridine rings is 1. The topological polar surface area (TPSA) is 71.5 Å². The van der Waals surface area contributed by atoms with Gasteiger partial charge in [0, 0.05) is 30.4 Å². The van der Waals surface area contributed by atoms with Crippen LogP contribution in [-0.2, 0) is 11.4 Å². The predicted molar refractivity (Wildman–Crippen MR) is 123 cm³/mol. The van der Waals surface area contributed by atoms with Crippen molar-refractivity contribution in [1.29, 1.82) is 0 Å². The highest BCUT2D eigenvalue weighted by Gasteiger charge is 2.26. The molecule has 1 aliphatic heterocycles. The van der Waals surface area contributed by atoms with Gasteiger partial charge in [-0.2, -0.15) is 0 Å². The van der Waals surface area contributed by atoms with Crippen molar-refractivity contribution in [3.63, 3.8) is 0 Å². The molecule has 1 saturated heterocycles. The molecule has 1 fully saturated rings. The molecule has 8 heteroatoms. The number of hydrogen-bond donors (Lipinski definition) is 1. The minimum Gasteiger partial charge on any atom is -0.472 e. The molecule has 0 radical (unpaired) electrons. The maximum atomic E-state index is 13.8. The van der Waals surface area contributed by atoms with E-state index in [2.05, 4.69) is 10.3 Å². The Morgan fingerprint density at radius 2 is 2.03 bits per heavy atom. The number of rotatable bonds is 8. The van der Waals surface area contributed by atoms with Gasteiger partial charge in [0.1, 0.15) is 18.0 Å². The monoisotopic (exact) mass is 459 g/mol. The van der Waals surface area contributed by atoms with Crippen LogP contribution >= 0.6 is 11.8 Å². The molecule has 0 saturated carbocycles. The molecule has 1 aromatic carbocycles. The maximum Gasteiger partial charge on any atom is 0.257 e. The van der Waals surface area contributed by atoms with Crippen LogP contribution in [0.3, 0.4) is 0 Å². The van der Waals surface area contributed by atoms with Crippen LogP contribution in [-0.4, -0.2) is 47.1 Å². The van der Waals surface area contributed by atoms with E-state index in [1.807, 2.05) is 49.3 Å². The van der Waals surface area contributed by atoms with Gasteiger partial charge in [0.2, 0.25) is 11.8 Å². The molecule has 2 aromatic rings. The zero-order chi connectivity index (χ0) is 23.1. The van der Waals surface area contributed by atoms with Crippen molar-refractivity contribution in [3.8, 4) is 5.88 Å². The van der Waals surface area contributed by atoms with Gasteiger partial charge in [-0.05, 0) is 48.8 Å². The Labute approximate surface area is 192 Å². The normalized spacial score (nSPS) is 14.5. The molecule has 2 amide bonds. The standard InChI is InChI=1S/C24H30FN3O3S/c1-16(2)11-22(29)28-9-7-19(8-10-28)27-23(30)21-13-18(25)14-26-24(21)31-15-17-5-4-6-20(12-17)32-3/h4-6,12-14,16,19H,7-11,15H2,1-3H3,(H,27,30). The van der Waals surface area contributed by atoms with Crippen LogP contribution in [0.4, 0.5) is 4.39 Å². The molecular weight excluding hydrogens is 429 g/mol. The quantitative estimate of drug-likeness (QED) is 0.597. The molecule has 0 spiro atoms. The average Bonchev–Trinajstić information content (AvgIpc) is 2.78. The van der Waals surface area contributed by atoms with Crippen molar-refractivity contribution < 1.29 is 18.7 Å². The maximum absolute atomic E-state index is 13.8. The number of amides is 2. The Morgan fingerprint density at radius 1 is 1.28 bits per heavy atom. The van der Waals surface area contributed by atoms with Gasteiger partial charge in [-0.25, -0.2) is 9.37 Å². The number of ether oxygens (including phenoxy) is 1. The number of nitrogens with one attached hydrogen (secondary N) is 1. The van der Waals surface area contributed by atoms with Crippen LogP contribution in [0.1, 0.15) is 49.0 Å². The number of nitrogens with zero attached hydrogens (tertiary/aromatic N) is 2. The third-order valence-electron chi connectivity index (χ3n) is 5.34. The molecule has 0 unspecified atom stereocenters. The first-order valence-corrected chi connectivity index (χ1v) is 12.1. The average molecular weight is 460 g/mol. The van der Waals surface area contributed by atoms with E-state index in [-0.39, 0.29) is 30.0 Å². The smallest absolute Gasteiger partial charge is 0.257 e. The summed E-state index contributed by atoms with van der Waals surface area (Å²) >= 11 is 1.63. The summed E-state index contributed by atoms with van der Waals surface area (Å²) in [6.07, 6.45) is 4.90. The van der Waals surface area contributed by atoms with E-state index in [1.54, 1.807) is 11.8 Å². The number of hydrogen-bond acceptors (Lipinski definition) is 5. The van der Waals surface area contributed by atoms with E-state index in [9.17, 15) is 14.0 Å². The fraction of sp³-hybridized carbons (Fsp3) is 0.458. The highest BCUT2D eigenvalue weighted by atomic mass is 32.2. The van der Waals surface area contributed by atoms with Gasteiger partial charge in [0.25, 0.3) is 5.91 Å². The van der Waals surface area contributed by atoms with Crippen LogP contribution in [0.2, 0.25) is 0 Å². The number of carbonyl (C=O) groups is 2. The summed E-state index contributed by atoms with van der Waals surface area (Å²) < 4.78 is 19.6. The summed E-state index contributed by atoms with van der Waals surface area (Å²) in [5.41, 5.74) is 1.01. The van der Waals surface area contributed by atoms with Gasteiger partial charge in [-0.15, -0.1) is 11.8 Å². The van der Waals surface area contributed by atoms with Crippen molar-refractivity contribution in [2.24, 2.45) is 5.92 Å². The highest BCUT2D eigenvalue weighted by molar-refractivity contribution is 7.98. The molecule has 0 atom stereocenters. The van der Waals surface area contributed by atoms with Crippen LogP contribution in [0.5, 0.6) is 5.88 Å². The molecule has 0 aliphatic carbocycles. The van der Waals surface area contributed by atoms with Gasteiger partial charge in [0.05, 0.1) is 6.20 Å². The molecule has 3 rings (SSSR count). The van der Waals surface area contributed by atoms with Gasteiger partial charge in [-0.3, -0.25) is 9.59 Å². The summed E-state index contributed by atoms with van der Waals surface area (Å²) in [6, 6.07) is 8.94. The molecule has 1 N–H and O–H groups in total. The fourth-order valence-corrected chi connectivity index (χ4v) is 4.12. The molecule has 32 heavy (non-hydrogen) atoms. The third-order valence-corrected chi connectivity index (χ3v) is 6.06. The summed E-state index contributed by atoms with van der Waals surface area (Å²) in [5.74, 6) is -0.442. The van der Waals surface area contributed by atoms with E-state index >= 15 is 0 Å². The van der Waals surface area contributed by atoms with E-state index in [0.717, 1.165) is 22.7 Å². The molecule has 1 aromatic heterocycles. The van der Waals surface area contributed by atoms with Crippen LogP contribution < -0.4 is 10.1 Å². The summed E-state index contributed by atoms with van der Waals surface area (Å²) in [4.78, 5) is 32.1. The first-order chi connectivity index (χ1) is 15.4.